The summed E-state index contributed by atoms with van der Waals surface area (Å²) in [7, 11) is 1.56. The largest absolute Gasteiger partial charge is 0.485 e. The van der Waals surface area contributed by atoms with E-state index in [0.29, 0.717) is 0 Å². The smallest absolute Gasteiger partial charge is 0.192 e. The van der Waals surface area contributed by atoms with Crippen LogP contribution in [0.2, 0.25) is 0 Å². The lowest BCUT2D eigenvalue weighted by molar-refractivity contribution is 0.417. The summed E-state index contributed by atoms with van der Waals surface area (Å²) in [5.74, 6) is 0. The Morgan fingerprint density at radius 1 is 1.86 bits per heavy atom. The minimum absolute atomic E-state index is 0.833. The number of ether oxygens (including phenoxy) is 1. The normalized spacial score (nSPS) is 9.43. The van der Waals surface area contributed by atoms with E-state index >= 15 is 0 Å². The van der Waals surface area contributed by atoms with Gasteiger partial charge in [-0.25, -0.2) is 0 Å². The molecule has 0 aromatic heterocycles. The average molecular weight is 102 g/mol. The lowest BCUT2D eigenvalue weighted by Gasteiger charge is -1.88. The van der Waals surface area contributed by atoms with Gasteiger partial charge in [0.05, 0.1) is 7.11 Å². The van der Waals surface area contributed by atoms with E-state index in [0.717, 1.165) is 6.54 Å². The van der Waals surface area contributed by atoms with Crippen molar-refractivity contribution in [2.45, 2.75) is 6.92 Å². The van der Waals surface area contributed by atoms with Crippen molar-refractivity contribution < 1.29 is 4.74 Å². The van der Waals surface area contributed by atoms with E-state index in [1.165, 1.54) is 6.40 Å². The van der Waals surface area contributed by atoms with Crippen LogP contribution in [0.3, 0.4) is 0 Å². The Bertz CT molecular complexity index is 53.7. The van der Waals surface area contributed by atoms with Gasteiger partial charge in [-0.05, 0) is 6.92 Å². The van der Waals surface area contributed by atoms with Crippen LogP contribution in [0.5, 0.6) is 0 Å². The van der Waals surface area contributed by atoms with Gasteiger partial charge in [-0.2, -0.15) is 5.10 Å². The highest BCUT2D eigenvalue weighted by atomic mass is 16.5. The highest BCUT2D eigenvalue weighted by Gasteiger charge is 1.62. The van der Waals surface area contributed by atoms with Crippen molar-refractivity contribution in [2.75, 3.05) is 13.7 Å². The Balaban J connectivity index is 2.78. The number of nitrogens with one attached hydrogen (secondary N) is 1. The first-order valence-corrected chi connectivity index (χ1v) is 2.19. The molecule has 0 saturated carbocycles. The molecule has 42 valence electrons. The van der Waals surface area contributed by atoms with Gasteiger partial charge >= 0.3 is 0 Å². The molecule has 0 aliphatic rings. The molecule has 0 spiro atoms. The summed E-state index contributed by atoms with van der Waals surface area (Å²) in [5, 5.41) is 3.61. The fraction of sp³-hybridized carbons (Fsp3) is 0.750. The minimum atomic E-state index is 0.833. The predicted octanol–water partition coefficient (Wildman–Crippen LogP) is 0.186. The second-order valence-corrected chi connectivity index (χ2v) is 0.982. The lowest BCUT2D eigenvalue weighted by Crippen LogP contribution is -2.02. The molecule has 0 heterocycles. The van der Waals surface area contributed by atoms with Crippen molar-refractivity contribution in [1.82, 2.24) is 5.43 Å². The Morgan fingerprint density at radius 3 is 3.00 bits per heavy atom. The molecule has 0 radical (unpaired) electrons. The molecule has 0 atom stereocenters. The predicted molar refractivity (Wildman–Crippen MR) is 29.2 cm³/mol. The molecule has 3 heteroatoms. The number of methoxy groups -OCH3 is 1. The Kier molecular flexibility index (Phi) is 4.72. The first kappa shape index (κ1) is 6.27. The molecular formula is C4H10N2O. The monoisotopic (exact) mass is 102 g/mol. The third kappa shape index (κ3) is 5.27. The second kappa shape index (κ2) is 5.27. The Morgan fingerprint density at radius 2 is 2.57 bits per heavy atom. The number of nitrogens with zero attached hydrogens (tertiary/aromatic N) is 1. The van der Waals surface area contributed by atoms with Gasteiger partial charge in [-0.3, -0.25) is 0 Å². The van der Waals surface area contributed by atoms with E-state index in [-0.39, 0.29) is 0 Å². The van der Waals surface area contributed by atoms with Gasteiger partial charge in [0.15, 0.2) is 6.40 Å². The number of rotatable bonds is 3. The quantitative estimate of drug-likeness (QED) is 0.313. The molecule has 0 saturated heterocycles. The molecule has 0 unspecified atom stereocenters. The summed E-state index contributed by atoms with van der Waals surface area (Å²) >= 11 is 0. The van der Waals surface area contributed by atoms with Crippen molar-refractivity contribution in [3.8, 4) is 0 Å². The highest BCUT2D eigenvalue weighted by molar-refractivity contribution is 5.45. The molecule has 0 aliphatic heterocycles. The zero-order valence-electron chi connectivity index (χ0n) is 4.64. The number of hydrogen-bond donors (Lipinski definition) is 1. The van der Waals surface area contributed by atoms with Crippen LogP contribution in [0, 0.1) is 0 Å². The topological polar surface area (TPSA) is 33.6 Å². The van der Waals surface area contributed by atoms with Gasteiger partial charge in [0.1, 0.15) is 0 Å². The fourth-order valence-corrected chi connectivity index (χ4v) is 0.181. The molecule has 0 aromatic rings. The Hall–Kier alpha value is -0.730. The van der Waals surface area contributed by atoms with E-state index < -0.39 is 0 Å². The van der Waals surface area contributed by atoms with Crippen LogP contribution >= 0.6 is 0 Å². The summed E-state index contributed by atoms with van der Waals surface area (Å²) in [4.78, 5) is 0. The van der Waals surface area contributed by atoms with Gasteiger partial charge in [0.2, 0.25) is 0 Å². The van der Waals surface area contributed by atoms with Gasteiger partial charge in [0, 0.05) is 6.54 Å². The molecular weight excluding hydrogens is 92.1 g/mol. The van der Waals surface area contributed by atoms with Gasteiger partial charge in [0.25, 0.3) is 0 Å². The van der Waals surface area contributed by atoms with E-state index in [9.17, 15) is 0 Å². The zero-order chi connectivity index (χ0) is 5.54. The van der Waals surface area contributed by atoms with E-state index in [1.807, 2.05) is 6.92 Å². The molecule has 0 bridgehead atoms. The summed E-state index contributed by atoms with van der Waals surface area (Å²) in [6.07, 6.45) is 1.35. The first-order valence-electron chi connectivity index (χ1n) is 2.19. The van der Waals surface area contributed by atoms with Crippen LogP contribution in [-0.4, -0.2) is 20.1 Å². The maximum absolute atomic E-state index is 4.49. The van der Waals surface area contributed by atoms with Crippen LogP contribution in [0.15, 0.2) is 5.10 Å². The molecule has 1 N–H and O–H groups in total. The molecule has 0 fully saturated rings. The summed E-state index contributed by atoms with van der Waals surface area (Å²) in [5.41, 5.74) is 2.69. The summed E-state index contributed by atoms with van der Waals surface area (Å²) < 4.78 is 4.49. The maximum Gasteiger partial charge on any atom is 0.192 e. The average Bonchev–Trinajstić information content (AvgIpc) is 1.69. The number of hydrogen-bond acceptors (Lipinski definition) is 3. The third-order valence-corrected chi connectivity index (χ3v) is 0.408. The molecule has 0 aliphatic carbocycles. The first-order chi connectivity index (χ1) is 3.41. The van der Waals surface area contributed by atoms with Crippen LogP contribution in [0.25, 0.3) is 0 Å². The maximum atomic E-state index is 4.49. The van der Waals surface area contributed by atoms with Gasteiger partial charge in [-0.15, -0.1) is 0 Å². The Labute approximate surface area is 43.4 Å². The molecule has 3 nitrogen and oxygen atoms in total. The van der Waals surface area contributed by atoms with E-state index in [4.69, 9.17) is 0 Å². The second-order valence-electron chi connectivity index (χ2n) is 0.982. The van der Waals surface area contributed by atoms with Crippen LogP contribution in [0.1, 0.15) is 6.92 Å². The highest BCUT2D eigenvalue weighted by Crippen LogP contribution is 1.55. The molecule has 0 rings (SSSR count). The zero-order valence-corrected chi connectivity index (χ0v) is 4.64. The minimum Gasteiger partial charge on any atom is -0.485 e. The van der Waals surface area contributed by atoms with E-state index in [2.05, 4.69) is 15.3 Å². The van der Waals surface area contributed by atoms with Crippen molar-refractivity contribution in [1.29, 1.82) is 0 Å². The van der Waals surface area contributed by atoms with Crippen molar-refractivity contribution in [2.24, 2.45) is 5.10 Å². The third-order valence-electron chi connectivity index (χ3n) is 0.408. The fourth-order valence-electron chi connectivity index (χ4n) is 0.181. The van der Waals surface area contributed by atoms with Gasteiger partial charge in [-0.1, -0.05) is 0 Å². The summed E-state index contributed by atoms with van der Waals surface area (Å²) in [6.45, 7) is 2.80. The number of hydrazone groups is 1. The lowest BCUT2D eigenvalue weighted by atomic mass is 10.8. The van der Waals surface area contributed by atoms with Crippen molar-refractivity contribution in [3.05, 3.63) is 0 Å². The van der Waals surface area contributed by atoms with E-state index in [1.54, 1.807) is 7.11 Å². The standard InChI is InChI=1S/C4H10N2O/c1-3-5-6-4-7-2/h4-5H,3H2,1-2H3/b6-4-. The molecule has 0 aromatic carbocycles. The molecule has 7 heavy (non-hydrogen) atoms. The van der Waals surface area contributed by atoms with Crippen molar-refractivity contribution in [3.63, 3.8) is 0 Å². The van der Waals surface area contributed by atoms with Crippen LogP contribution < -0.4 is 5.43 Å². The van der Waals surface area contributed by atoms with Crippen LogP contribution in [0.4, 0.5) is 0 Å². The van der Waals surface area contributed by atoms with Crippen molar-refractivity contribution >= 4 is 6.40 Å². The van der Waals surface area contributed by atoms with Gasteiger partial charge < -0.3 is 10.2 Å². The summed E-state index contributed by atoms with van der Waals surface area (Å²) in [6, 6.07) is 0. The molecule has 0 amide bonds. The van der Waals surface area contributed by atoms with Crippen LogP contribution in [-0.2, 0) is 4.74 Å². The SMILES string of the molecule is CCN/N=C\OC.